The highest BCUT2D eigenvalue weighted by molar-refractivity contribution is 6.06. The van der Waals surface area contributed by atoms with Crippen LogP contribution < -0.4 is 25.4 Å². The molecule has 4 aromatic rings. The number of nitrogens with zero attached hydrogens (tertiary/aromatic N) is 2. The lowest BCUT2D eigenvalue weighted by atomic mass is 9.90. The Morgan fingerprint density at radius 1 is 0.812 bits per heavy atom. The molecule has 1 saturated heterocycles. The van der Waals surface area contributed by atoms with E-state index >= 15 is 0 Å². The monoisotopic (exact) mass is 648 g/mol. The van der Waals surface area contributed by atoms with Crippen LogP contribution in [0.3, 0.4) is 0 Å². The van der Waals surface area contributed by atoms with Crippen molar-refractivity contribution in [2.24, 2.45) is 5.73 Å². The van der Waals surface area contributed by atoms with Gasteiger partial charge in [-0.2, -0.15) is 0 Å². The van der Waals surface area contributed by atoms with Gasteiger partial charge in [0.1, 0.15) is 0 Å². The van der Waals surface area contributed by atoms with Crippen molar-refractivity contribution in [2.75, 3.05) is 50.7 Å². The van der Waals surface area contributed by atoms with Gasteiger partial charge in [-0.3, -0.25) is 9.59 Å². The van der Waals surface area contributed by atoms with E-state index in [-0.39, 0.29) is 23.9 Å². The number of nitrogens with one attached hydrogen (secondary N) is 1. The first kappa shape index (κ1) is 33.1. The Labute approximate surface area is 282 Å². The molecular weight excluding hydrogens is 604 g/mol. The van der Waals surface area contributed by atoms with Crippen molar-refractivity contribution in [3.05, 3.63) is 108 Å². The van der Waals surface area contributed by atoms with Gasteiger partial charge in [-0.25, -0.2) is 0 Å². The summed E-state index contributed by atoms with van der Waals surface area (Å²) in [5, 5.41) is 3.17. The topological polar surface area (TPSA) is 106 Å². The number of hydrogen-bond acceptors (Lipinski definition) is 7. The van der Waals surface area contributed by atoms with Crippen molar-refractivity contribution in [3.8, 4) is 22.6 Å². The number of nitrogens with two attached hydrogens (primary N) is 1. The molecule has 0 atom stereocenters. The highest BCUT2D eigenvalue weighted by Gasteiger charge is 2.29. The van der Waals surface area contributed by atoms with Gasteiger partial charge in [0, 0.05) is 42.8 Å². The number of ether oxygens (including phenoxy) is 3. The van der Waals surface area contributed by atoms with Crippen LogP contribution in [0, 0.1) is 0 Å². The highest BCUT2D eigenvalue weighted by Crippen LogP contribution is 2.34. The predicted octanol–water partition coefficient (Wildman–Crippen LogP) is 6.37. The molecule has 2 aliphatic rings. The fourth-order valence-electron chi connectivity index (χ4n) is 6.64. The molecule has 0 aromatic heterocycles. The Morgan fingerprint density at radius 3 is 2.27 bits per heavy atom. The van der Waals surface area contributed by atoms with Crippen molar-refractivity contribution in [3.63, 3.8) is 0 Å². The second kappa shape index (κ2) is 15.4. The largest absolute Gasteiger partial charge is 0.493 e. The SMILES string of the molecule is COc1ccc(C(=O)N(Cc2cccc(-c3ccc(N4CCOCC4)c(NC(=O)c4ccccc4)c3)c2)C2CCC(N)CC2)cc1OC. The third-order valence-electron chi connectivity index (χ3n) is 9.32. The van der Waals surface area contributed by atoms with Gasteiger partial charge in [-0.1, -0.05) is 42.5 Å². The molecule has 0 unspecified atom stereocenters. The van der Waals surface area contributed by atoms with Crippen LogP contribution in [0.4, 0.5) is 11.4 Å². The van der Waals surface area contributed by atoms with E-state index in [4.69, 9.17) is 19.9 Å². The summed E-state index contributed by atoms with van der Waals surface area (Å²) >= 11 is 0. The van der Waals surface area contributed by atoms with Crippen molar-refractivity contribution in [1.82, 2.24) is 4.90 Å². The molecule has 48 heavy (non-hydrogen) atoms. The van der Waals surface area contributed by atoms with Gasteiger partial charge >= 0.3 is 0 Å². The maximum Gasteiger partial charge on any atom is 0.255 e. The summed E-state index contributed by atoms with van der Waals surface area (Å²) in [6.45, 7) is 3.23. The number of hydrogen-bond donors (Lipinski definition) is 2. The van der Waals surface area contributed by atoms with Crippen LogP contribution in [0.2, 0.25) is 0 Å². The summed E-state index contributed by atoms with van der Waals surface area (Å²) in [7, 11) is 3.16. The van der Waals surface area contributed by atoms with Crippen LogP contribution in [0.5, 0.6) is 11.5 Å². The number of carbonyl (C=O) groups is 2. The molecule has 2 amide bonds. The van der Waals surface area contributed by atoms with E-state index in [1.165, 1.54) is 0 Å². The maximum absolute atomic E-state index is 14.1. The lowest BCUT2D eigenvalue weighted by molar-refractivity contribution is 0.0606. The van der Waals surface area contributed by atoms with Crippen molar-refractivity contribution in [1.29, 1.82) is 0 Å². The van der Waals surface area contributed by atoms with E-state index in [0.717, 1.165) is 66.8 Å². The zero-order valence-corrected chi connectivity index (χ0v) is 27.7. The fraction of sp³-hybridized carbons (Fsp3) is 0.333. The molecule has 1 saturated carbocycles. The van der Waals surface area contributed by atoms with Crippen molar-refractivity contribution >= 4 is 23.2 Å². The van der Waals surface area contributed by atoms with E-state index in [2.05, 4.69) is 40.5 Å². The molecule has 4 aromatic carbocycles. The van der Waals surface area contributed by atoms with Crippen LogP contribution in [0.15, 0.2) is 91.0 Å². The number of anilines is 2. The number of carbonyl (C=O) groups excluding carboxylic acids is 2. The molecule has 250 valence electrons. The standard InChI is InChI=1S/C39H44N4O5/c1-46-36-18-12-31(25-37(36)47-2)39(45)43(33-15-13-32(40)14-16-33)26-27-7-6-10-29(23-27)30-11-17-35(42-19-21-48-22-20-42)34(24-30)41-38(44)28-8-4-3-5-9-28/h3-12,17-18,23-25,32-33H,13-16,19-22,26,40H2,1-2H3,(H,41,44). The van der Waals surface area contributed by atoms with Gasteiger partial charge < -0.3 is 35.1 Å². The second-order valence-electron chi connectivity index (χ2n) is 12.4. The molecule has 1 heterocycles. The third kappa shape index (κ3) is 7.64. The quantitative estimate of drug-likeness (QED) is 0.206. The van der Waals surface area contributed by atoms with Gasteiger partial charge in [0.05, 0.1) is 38.8 Å². The van der Waals surface area contributed by atoms with Gasteiger partial charge in [-0.15, -0.1) is 0 Å². The lowest BCUT2D eigenvalue weighted by Crippen LogP contribution is -2.43. The Balaban J connectivity index is 1.30. The first-order chi connectivity index (χ1) is 23.4. The molecule has 3 N–H and O–H groups in total. The van der Waals surface area contributed by atoms with Crippen LogP contribution >= 0.6 is 0 Å². The average molecular weight is 649 g/mol. The molecule has 2 fully saturated rings. The van der Waals surface area contributed by atoms with Gasteiger partial charge in [0.2, 0.25) is 0 Å². The normalized spacial score (nSPS) is 17.8. The van der Waals surface area contributed by atoms with Gasteiger partial charge in [-0.05, 0) is 90.9 Å². The fourth-order valence-corrected chi connectivity index (χ4v) is 6.64. The zero-order valence-electron chi connectivity index (χ0n) is 27.7. The summed E-state index contributed by atoms with van der Waals surface area (Å²) in [6.07, 6.45) is 3.47. The van der Waals surface area contributed by atoms with E-state index < -0.39 is 0 Å². The Bertz CT molecular complexity index is 1710. The average Bonchev–Trinajstić information content (AvgIpc) is 3.14. The Hall–Kier alpha value is -4.86. The first-order valence-corrected chi connectivity index (χ1v) is 16.6. The number of rotatable bonds is 10. The van der Waals surface area contributed by atoms with Crippen molar-refractivity contribution in [2.45, 2.75) is 44.3 Å². The van der Waals surface area contributed by atoms with E-state index in [9.17, 15) is 9.59 Å². The molecular formula is C39H44N4O5. The highest BCUT2D eigenvalue weighted by atomic mass is 16.5. The lowest BCUT2D eigenvalue weighted by Gasteiger charge is -2.36. The molecule has 0 spiro atoms. The Kier molecular flexibility index (Phi) is 10.6. The number of morpholine rings is 1. The summed E-state index contributed by atoms with van der Waals surface area (Å²) < 4.78 is 16.5. The minimum Gasteiger partial charge on any atom is -0.493 e. The molecule has 1 aliphatic carbocycles. The van der Waals surface area contributed by atoms with E-state index in [0.29, 0.717) is 42.4 Å². The first-order valence-electron chi connectivity index (χ1n) is 16.6. The van der Waals surface area contributed by atoms with Crippen LogP contribution in [-0.2, 0) is 11.3 Å². The number of benzene rings is 4. The minimum absolute atomic E-state index is 0.0531. The summed E-state index contributed by atoms with van der Waals surface area (Å²) in [5.41, 5.74) is 12.1. The van der Waals surface area contributed by atoms with Crippen LogP contribution in [-0.4, -0.2) is 69.3 Å². The molecule has 9 heteroatoms. The van der Waals surface area contributed by atoms with Gasteiger partial charge in [0.25, 0.3) is 11.8 Å². The smallest absolute Gasteiger partial charge is 0.255 e. The van der Waals surface area contributed by atoms with E-state index in [1.54, 1.807) is 32.4 Å². The van der Waals surface area contributed by atoms with E-state index in [1.807, 2.05) is 47.4 Å². The molecule has 6 rings (SSSR count). The molecule has 0 bridgehead atoms. The minimum atomic E-state index is -0.160. The molecule has 1 aliphatic heterocycles. The third-order valence-corrected chi connectivity index (χ3v) is 9.32. The molecule has 9 nitrogen and oxygen atoms in total. The number of amides is 2. The summed E-state index contributed by atoms with van der Waals surface area (Å²) in [4.78, 5) is 31.7. The summed E-state index contributed by atoms with van der Waals surface area (Å²) in [6, 6.07) is 29.3. The summed E-state index contributed by atoms with van der Waals surface area (Å²) in [5.74, 6) is 0.887. The molecule has 0 radical (unpaired) electrons. The maximum atomic E-state index is 14.1. The zero-order chi connectivity index (χ0) is 33.5. The van der Waals surface area contributed by atoms with Crippen LogP contribution in [0.25, 0.3) is 11.1 Å². The predicted molar refractivity (Wildman–Crippen MR) is 189 cm³/mol. The second-order valence-corrected chi connectivity index (χ2v) is 12.4. The van der Waals surface area contributed by atoms with Crippen LogP contribution in [0.1, 0.15) is 52.0 Å². The Morgan fingerprint density at radius 2 is 1.54 bits per heavy atom. The number of methoxy groups -OCH3 is 2. The van der Waals surface area contributed by atoms with Gasteiger partial charge in [0.15, 0.2) is 11.5 Å². The van der Waals surface area contributed by atoms with Crippen molar-refractivity contribution < 1.29 is 23.8 Å².